The van der Waals surface area contributed by atoms with Gasteiger partial charge in [-0.2, -0.15) is 15.1 Å². The van der Waals surface area contributed by atoms with Crippen LogP contribution in [0.4, 0.5) is 8.78 Å². The van der Waals surface area contributed by atoms with Crippen LogP contribution in [0.2, 0.25) is 5.15 Å². The van der Waals surface area contributed by atoms with Crippen molar-refractivity contribution in [1.82, 2.24) is 19.6 Å². The number of fused-ring (bicyclic) bond motifs is 1. The second kappa shape index (κ2) is 6.79. The third-order valence-electron chi connectivity index (χ3n) is 4.90. The van der Waals surface area contributed by atoms with Crippen molar-refractivity contribution in [2.24, 2.45) is 0 Å². The van der Waals surface area contributed by atoms with E-state index in [2.05, 4.69) is 15.1 Å². The molecule has 0 bridgehead atoms. The van der Waals surface area contributed by atoms with Crippen molar-refractivity contribution in [1.29, 1.82) is 0 Å². The molecule has 0 unspecified atom stereocenters. The number of rotatable bonds is 3. The fourth-order valence-corrected chi connectivity index (χ4v) is 4.04. The summed E-state index contributed by atoms with van der Waals surface area (Å²) < 4.78 is 35.3. The summed E-state index contributed by atoms with van der Waals surface area (Å²) in [5.74, 6) is -0.892. The van der Waals surface area contributed by atoms with Crippen LogP contribution < -0.4 is 4.74 Å². The Bertz CT molecular complexity index is 969. The quantitative estimate of drug-likeness (QED) is 0.615. The summed E-state index contributed by atoms with van der Waals surface area (Å²) in [7, 11) is 1.37. The molecule has 3 aromatic rings. The van der Waals surface area contributed by atoms with Crippen molar-refractivity contribution in [3.8, 4) is 16.9 Å². The largest absolute Gasteiger partial charge is 0.496 e. The molecule has 136 valence electrons. The number of halogens is 3. The first-order chi connectivity index (χ1) is 12.6. The van der Waals surface area contributed by atoms with Gasteiger partial charge in [-0.15, -0.1) is 0 Å². The normalized spacial score (nSPS) is 15.5. The predicted molar refractivity (Wildman–Crippen MR) is 93.5 cm³/mol. The highest BCUT2D eigenvalue weighted by molar-refractivity contribution is 6.32. The standard InChI is InChI=1S/C18H17ClF2N4O/c1-26-13-8-11(20)7-12(21)14(13)15-16(10-5-3-2-4-6-10)25-18(22-9-23-25)24-17(15)19/h7-10H,2-6H2,1H3. The molecular formula is C18H17ClF2N4O. The number of aromatic nitrogens is 4. The second-order valence-corrected chi connectivity index (χ2v) is 6.79. The number of methoxy groups -OCH3 is 1. The van der Waals surface area contributed by atoms with Gasteiger partial charge in [0.1, 0.15) is 28.9 Å². The minimum absolute atomic E-state index is 0.0720. The number of nitrogens with zero attached hydrogens (tertiary/aromatic N) is 4. The van der Waals surface area contributed by atoms with Crippen LogP contribution in [0.25, 0.3) is 16.9 Å². The van der Waals surface area contributed by atoms with Crippen LogP contribution in [0.3, 0.4) is 0 Å². The summed E-state index contributed by atoms with van der Waals surface area (Å²) >= 11 is 6.45. The molecule has 1 aliphatic rings. The van der Waals surface area contributed by atoms with E-state index >= 15 is 0 Å². The van der Waals surface area contributed by atoms with Crippen molar-refractivity contribution in [3.63, 3.8) is 0 Å². The van der Waals surface area contributed by atoms with Crippen molar-refractivity contribution >= 4 is 17.4 Å². The first-order valence-corrected chi connectivity index (χ1v) is 8.90. The molecule has 4 rings (SSSR count). The minimum atomic E-state index is -0.748. The summed E-state index contributed by atoms with van der Waals surface area (Å²) in [6.07, 6.45) is 6.58. The van der Waals surface area contributed by atoms with Crippen molar-refractivity contribution in [2.75, 3.05) is 7.11 Å². The molecule has 8 heteroatoms. The van der Waals surface area contributed by atoms with E-state index in [9.17, 15) is 8.78 Å². The highest BCUT2D eigenvalue weighted by atomic mass is 35.5. The zero-order chi connectivity index (χ0) is 18.3. The highest BCUT2D eigenvalue weighted by Gasteiger charge is 2.29. The zero-order valence-corrected chi connectivity index (χ0v) is 14.9. The molecule has 0 aliphatic heterocycles. The van der Waals surface area contributed by atoms with Crippen molar-refractivity contribution in [2.45, 2.75) is 38.0 Å². The van der Waals surface area contributed by atoms with E-state index in [0.717, 1.165) is 43.5 Å². The monoisotopic (exact) mass is 378 g/mol. The van der Waals surface area contributed by atoms with Gasteiger partial charge in [-0.05, 0) is 12.8 Å². The van der Waals surface area contributed by atoms with Crippen LogP contribution >= 0.6 is 11.6 Å². The second-order valence-electron chi connectivity index (χ2n) is 6.43. The van der Waals surface area contributed by atoms with E-state index in [1.54, 1.807) is 4.52 Å². The first kappa shape index (κ1) is 17.1. The maximum absolute atomic E-state index is 14.8. The lowest BCUT2D eigenvalue weighted by Crippen LogP contribution is -2.14. The van der Waals surface area contributed by atoms with E-state index in [1.165, 1.54) is 19.9 Å². The third-order valence-corrected chi connectivity index (χ3v) is 5.17. The van der Waals surface area contributed by atoms with Gasteiger partial charge in [0.2, 0.25) is 0 Å². The fourth-order valence-electron chi connectivity index (χ4n) is 3.77. The van der Waals surface area contributed by atoms with Gasteiger partial charge in [-0.3, -0.25) is 0 Å². The van der Waals surface area contributed by atoms with Gasteiger partial charge in [0.15, 0.2) is 0 Å². The first-order valence-electron chi connectivity index (χ1n) is 8.52. The molecule has 0 N–H and O–H groups in total. The van der Waals surface area contributed by atoms with Crippen LogP contribution in [0.15, 0.2) is 18.5 Å². The molecule has 26 heavy (non-hydrogen) atoms. The van der Waals surface area contributed by atoms with Gasteiger partial charge in [0.05, 0.1) is 18.4 Å². The van der Waals surface area contributed by atoms with E-state index in [1.807, 2.05) is 0 Å². The molecule has 0 amide bonds. The van der Waals surface area contributed by atoms with Gasteiger partial charge >= 0.3 is 0 Å². The van der Waals surface area contributed by atoms with Crippen molar-refractivity contribution < 1.29 is 13.5 Å². The van der Waals surface area contributed by atoms with Gasteiger partial charge in [-0.25, -0.2) is 13.3 Å². The van der Waals surface area contributed by atoms with Crippen LogP contribution in [-0.4, -0.2) is 26.7 Å². The van der Waals surface area contributed by atoms with Crippen molar-refractivity contribution in [3.05, 3.63) is 40.9 Å². The average molecular weight is 379 g/mol. The number of ether oxygens (including phenoxy) is 1. The van der Waals surface area contributed by atoms with Gasteiger partial charge < -0.3 is 4.74 Å². The molecular weight excluding hydrogens is 362 g/mol. The minimum Gasteiger partial charge on any atom is -0.496 e. The molecule has 0 atom stereocenters. The molecule has 5 nitrogen and oxygen atoms in total. The van der Waals surface area contributed by atoms with E-state index < -0.39 is 11.6 Å². The molecule has 1 aliphatic carbocycles. The zero-order valence-electron chi connectivity index (χ0n) is 14.2. The topological polar surface area (TPSA) is 52.3 Å². The number of hydrogen-bond acceptors (Lipinski definition) is 4. The Hall–Kier alpha value is -2.28. The Balaban J connectivity index is 2.05. The summed E-state index contributed by atoms with van der Waals surface area (Å²) in [5.41, 5.74) is 1.25. The average Bonchev–Trinajstić information content (AvgIpc) is 3.09. The smallest absolute Gasteiger partial charge is 0.253 e. The maximum Gasteiger partial charge on any atom is 0.253 e. The summed E-state index contributed by atoms with van der Waals surface area (Å²) in [5, 5.41) is 4.38. The third kappa shape index (κ3) is 2.80. The van der Waals surface area contributed by atoms with Gasteiger partial charge in [-0.1, -0.05) is 30.9 Å². The SMILES string of the molecule is COc1cc(F)cc(F)c1-c1c(Cl)nc2ncnn2c1C1CCCCC1. The molecule has 0 spiro atoms. The lowest BCUT2D eigenvalue weighted by molar-refractivity contribution is 0.408. The van der Waals surface area contributed by atoms with E-state index in [-0.39, 0.29) is 22.4 Å². The Labute approximate surface area is 154 Å². The summed E-state index contributed by atoms with van der Waals surface area (Å²) in [4.78, 5) is 8.37. The lowest BCUT2D eigenvalue weighted by Gasteiger charge is -2.25. The molecule has 0 radical (unpaired) electrons. The van der Waals surface area contributed by atoms with Crippen LogP contribution in [0.1, 0.15) is 43.7 Å². The molecule has 1 aromatic carbocycles. The maximum atomic E-state index is 14.8. The van der Waals surface area contributed by atoms with Gasteiger partial charge in [0, 0.05) is 23.6 Å². The lowest BCUT2D eigenvalue weighted by atomic mass is 9.84. The number of benzene rings is 1. The predicted octanol–water partition coefficient (Wildman–Crippen LogP) is 4.78. The Morgan fingerprint density at radius 3 is 2.65 bits per heavy atom. The number of hydrogen-bond donors (Lipinski definition) is 0. The molecule has 2 aromatic heterocycles. The van der Waals surface area contributed by atoms with E-state index in [4.69, 9.17) is 16.3 Å². The molecule has 2 heterocycles. The van der Waals surface area contributed by atoms with Crippen LogP contribution in [0.5, 0.6) is 5.75 Å². The van der Waals surface area contributed by atoms with Gasteiger partial charge in [0.25, 0.3) is 5.78 Å². The summed E-state index contributed by atoms with van der Waals surface area (Å²) in [6, 6.07) is 1.97. The Kier molecular flexibility index (Phi) is 4.48. The van der Waals surface area contributed by atoms with Crippen LogP contribution in [0, 0.1) is 11.6 Å². The highest BCUT2D eigenvalue weighted by Crippen LogP contribution is 2.44. The molecule has 1 fully saturated rings. The Morgan fingerprint density at radius 2 is 1.92 bits per heavy atom. The Morgan fingerprint density at radius 1 is 1.15 bits per heavy atom. The van der Waals surface area contributed by atoms with Crippen LogP contribution in [-0.2, 0) is 0 Å². The molecule has 1 saturated carbocycles. The molecule has 0 saturated heterocycles. The fraction of sp³-hybridized carbons (Fsp3) is 0.389. The van der Waals surface area contributed by atoms with E-state index in [0.29, 0.717) is 11.3 Å². The summed E-state index contributed by atoms with van der Waals surface area (Å²) in [6.45, 7) is 0.